The van der Waals surface area contributed by atoms with Crippen LogP contribution >= 0.6 is 0 Å². The van der Waals surface area contributed by atoms with Crippen LogP contribution in [0.4, 0.5) is 0 Å². The molecule has 0 aliphatic heterocycles. The first-order valence-electron chi connectivity index (χ1n) is 6.49. The van der Waals surface area contributed by atoms with Gasteiger partial charge in [0, 0.05) is 39.1 Å². The van der Waals surface area contributed by atoms with Crippen LogP contribution in [0.3, 0.4) is 0 Å². The molecule has 1 aromatic heterocycles. The Morgan fingerprint density at radius 2 is 2.06 bits per heavy atom. The summed E-state index contributed by atoms with van der Waals surface area (Å²) in [5.74, 6) is 0.752. The number of aliphatic imine (C=N–C) groups is 1. The van der Waals surface area contributed by atoms with Crippen LogP contribution in [0.1, 0.15) is 19.3 Å². The molecular weight excluding hydrogens is 228 g/mol. The van der Waals surface area contributed by atoms with Crippen molar-refractivity contribution in [3.05, 3.63) is 24.5 Å². The average Bonchev–Trinajstić information content (AvgIpc) is 2.84. The lowest BCUT2D eigenvalue weighted by Gasteiger charge is -2.36. The summed E-state index contributed by atoms with van der Waals surface area (Å²) in [6, 6.07) is 4.03. The fraction of sp³-hybridized carbons (Fsp3) is 0.615. The minimum absolute atomic E-state index is 0.516. The lowest BCUT2D eigenvalue weighted by atomic mass is 9.80. The van der Waals surface area contributed by atoms with E-state index >= 15 is 0 Å². The molecule has 3 N–H and O–H groups in total. The van der Waals surface area contributed by atoms with Crippen molar-refractivity contribution in [3.8, 4) is 0 Å². The third-order valence-electron chi connectivity index (χ3n) is 3.42. The van der Waals surface area contributed by atoms with Gasteiger partial charge in [0.05, 0.1) is 5.60 Å². The third-order valence-corrected chi connectivity index (χ3v) is 3.42. The number of nitrogens with one attached hydrogen (secondary N) is 2. The minimum Gasteiger partial charge on any atom is -0.388 e. The number of aromatic nitrogens is 1. The average molecular weight is 250 g/mol. The summed E-state index contributed by atoms with van der Waals surface area (Å²) in [5, 5.41) is 16.4. The SMILES string of the molecule is CN=C(NCCn1cccc1)NCC1(O)CCC1. The van der Waals surface area contributed by atoms with Crippen molar-refractivity contribution in [2.45, 2.75) is 31.4 Å². The van der Waals surface area contributed by atoms with Crippen molar-refractivity contribution in [2.24, 2.45) is 4.99 Å². The summed E-state index contributed by atoms with van der Waals surface area (Å²) in [6.07, 6.45) is 6.97. The van der Waals surface area contributed by atoms with Gasteiger partial charge >= 0.3 is 0 Å². The highest BCUT2D eigenvalue weighted by atomic mass is 16.3. The molecule has 0 spiro atoms. The van der Waals surface area contributed by atoms with E-state index in [1.165, 1.54) is 0 Å². The van der Waals surface area contributed by atoms with Gasteiger partial charge in [-0.2, -0.15) is 0 Å². The quantitative estimate of drug-likeness (QED) is 0.529. The minimum atomic E-state index is -0.516. The van der Waals surface area contributed by atoms with E-state index in [-0.39, 0.29) is 0 Å². The lowest BCUT2D eigenvalue weighted by Crippen LogP contribution is -2.50. The van der Waals surface area contributed by atoms with Gasteiger partial charge in [-0.15, -0.1) is 0 Å². The summed E-state index contributed by atoms with van der Waals surface area (Å²) in [6.45, 7) is 2.29. The molecule has 0 saturated heterocycles. The molecule has 1 fully saturated rings. The van der Waals surface area contributed by atoms with Crippen LogP contribution in [0.2, 0.25) is 0 Å². The van der Waals surface area contributed by atoms with Gasteiger partial charge in [0.15, 0.2) is 5.96 Å². The van der Waals surface area contributed by atoms with Crippen molar-refractivity contribution in [3.63, 3.8) is 0 Å². The maximum atomic E-state index is 9.98. The molecule has 1 aromatic rings. The summed E-state index contributed by atoms with van der Waals surface area (Å²) >= 11 is 0. The first kappa shape index (κ1) is 13.0. The van der Waals surface area contributed by atoms with Gasteiger partial charge in [-0.05, 0) is 31.4 Å². The Labute approximate surface area is 108 Å². The predicted molar refractivity (Wildman–Crippen MR) is 72.6 cm³/mol. The molecule has 0 atom stereocenters. The van der Waals surface area contributed by atoms with Crippen molar-refractivity contribution < 1.29 is 5.11 Å². The van der Waals surface area contributed by atoms with Gasteiger partial charge in [-0.1, -0.05) is 0 Å². The number of aliphatic hydroxyl groups is 1. The largest absolute Gasteiger partial charge is 0.388 e. The number of nitrogens with zero attached hydrogens (tertiary/aromatic N) is 2. The monoisotopic (exact) mass is 250 g/mol. The molecule has 1 saturated carbocycles. The van der Waals surface area contributed by atoms with Gasteiger partial charge in [0.1, 0.15) is 0 Å². The smallest absolute Gasteiger partial charge is 0.191 e. The van der Waals surface area contributed by atoms with Crippen LogP contribution in [0, 0.1) is 0 Å². The molecule has 1 heterocycles. The highest BCUT2D eigenvalue weighted by molar-refractivity contribution is 5.79. The topological polar surface area (TPSA) is 61.6 Å². The van der Waals surface area contributed by atoms with Crippen molar-refractivity contribution >= 4 is 5.96 Å². The summed E-state index contributed by atoms with van der Waals surface area (Å²) < 4.78 is 2.11. The zero-order chi connectivity index (χ0) is 12.8. The molecule has 5 nitrogen and oxygen atoms in total. The maximum absolute atomic E-state index is 9.98. The van der Waals surface area contributed by atoms with Gasteiger partial charge in [-0.3, -0.25) is 4.99 Å². The molecule has 2 rings (SSSR count). The highest BCUT2D eigenvalue weighted by Crippen LogP contribution is 2.30. The Bertz CT molecular complexity index is 382. The van der Waals surface area contributed by atoms with Gasteiger partial charge in [0.25, 0.3) is 0 Å². The van der Waals surface area contributed by atoms with Crippen LogP contribution in [-0.4, -0.2) is 41.4 Å². The number of hydrogen-bond acceptors (Lipinski definition) is 2. The second-order valence-electron chi connectivity index (χ2n) is 4.85. The van der Waals surface area contributed by atoms with E-state index in [0.29, 0.717) is 6.54 Å². The van der Waals surface area contributed by atoms with Gasteiger partial charge in [-0.25, -0.2) is 0 Å². The highest BCUT2D eigenvalue weighted by Gasteiger charge is 2.34. The fourth-order valence-corrected chi connectivity index (χ4v) is 2.05. The molecular formula is C13H22N4O. The van der Waals surface area contributed by atoms with E-state index in [1.807, 2.05) is 24.5 Å². The molecule has 0 aromatic carbocycles. The molecule has 5 heteroatoms. The Balaban J connectivity index is 1.66. The zero-order valence-electron chi connectivity index (χ0n) is 10.9. The molecule has 18 heavy (non-hydrogen) atoms. The normalized spacial score (nSPS) is 18.2. The van der Waals surface area contributed by atoms with E-state index < -0.39 is 5.60 Å². The van der Waals surface area contributed by atoms with Gasteiger partial charge in [0.2, 0.25) is 0 Å². The van der Waals surface area contributed by atoms with E-state index in [2.05, 4.69) is 20.2 Å². The molecule has 0 amide bonds. The lowest BCUT2D eigenvalue weighted by molar-refractivity contribution is -0.0279. The van der Waals surface area contributed by atoms with E-state index in [1.54, 1.807) is 7.05 Å². The first-order chi connectivity index (χ1) is 8.72. The summed E-state index contributed by atoms with van der Waals surface area (Å²) in [7, 11) is 1.75. The fourth-order valence-electron chi connectivity index (χ4n) is 2.05. The van der Waals surface area contributed by atoms with E-state index in [4.69, 9.17) is 0 Å². The maximum Gasteiger partial charge on any atom is 0.191 e. The molecule has 1 aliphatic carbocycles. The van der Waals surface area contributed by atoms with Crippen LogP contribution in [0.25, 0.3) is 0 Å². The van der Waals surface area contributed by atoms with Crippen molar-refractivity contribution in [1.29, 1.82) is 0 Å². The van der Waals surface area contributed by atoms with Gasteiger partial charge < -0.3 is 20.3 Å². The second kappa shape index (κ2) is 5.91. The Morgan fingerprint density at radius 1 is 1.33 bits per heavy atom. The number of guanidine groups is 1. The summed E-state index contributed by atoms with van der Waals surface area (Å²) in [5.41, 5.74) is -0.516. The molecule has 0 unspecified atom stereocenters. The van der Waals surface area contributed by atoms with Crippen LogP contribution in [-0.2, 0) is 6.54 Å². The van der Waals surface area contributed by atoms with E-state index in [9.17, 15) is 5.11 Å². The number of hydrogen-bond donors (Lipinski definition) is 3. The van der Waals surface area contributed by atoms with E-state index in [0.717, 1.165) is 38.3 Å². The number of rotatable bonds is 5. The van der Waals surface area contributed by atoms with Crippen molar-refractivity contribution in [2.75, 3.05) is 20.1 Å². The summed E-state index contributed by atoms with van der Waals surface area (Å²) in [4.78, 5) is 4.14. The third kappa shape index (κ3) is 3.50. The standard InChI is InChI=1S/C13H22N4O/c1-14-12(16-11-13(18)5-4-6-13)15-7-10-17-8-2-3-9-17/h2-3,8-9,18H,4-7,10-11H2,1H3,(H2,14,15,16). The second-order valence-corrected chi connectivity index (χ2v) is 4.85. The van der Waals surface area contributed by atoms with Crippen LogP contribution < -0.4 is 10.6 Å². The molecule has 1 aliphatic rings. The molecule has 100 valence electrons. The zero-order valence-corrected chi connectivity index (χ0v) is 10.9. The predicted octanol–water partition coefficient (Wildman–Crippen LogP) is 0.568. The molecule has 0 radical (unpaired) electrons. The Morgan fingerprint density at radius 3 is 2.61 bits per heavy atom. The molecule has 0 bridgehead atoms. The Kier molecular flexibility index (Phi) is 4.25. The Hall–Kier alpha value is -1.49. The van der Waals surface area contributed by atoms with Crippen LogP contribution in [0.5, 0.6) is 0 Å². The first-order valence-corrected chi connectivity index (χ1v) is 6.49. The van der Waals surface area contributed by atoms with Crippen LogP contribution in [0.15, 0.2) is 29.5 Å². The van der Waals surface area contributed by atoms with Crippen molar-refractivity contribution in [1.82, 2.24) is 15.2 Å².